The number of hydrogen-bond acceptors (Lipinski definition) is 3. The highest BCUT2D eigenvalue weighted by Crippen LogP contribution is 2.17. The van der Waals surface area contributed by atoms with Crippen LogP contribution in [0, 0.1) is 0 Å². The smallest absolute Gasteiger partial charge is 0.120 e. The lowest BCUT2D eigenvalue weighted by Gasteiger charge is -2.09. The average molecular weight is 334 g/mol. The van der Waals surface area contributed by atoms with Crippen LogP contribution in [-0.4, -0.2) is 18.3 Å². The second-order valence-corrected chi connectivity index (χ2v) is 5.96. The minimum atomic E-state index is 0.284. The molecule has 0 heterocycles. The Hall–Kier alpha value is -1.55. The van der Waals surface area contributed by atoms with E-state index in [0.29, 0.717) is 6.61 Å². The summed E-state index contributed by atoms with van der Waals surface area (Å²) in [6.45, 7) is 2.59. The maximum atomic E-state index is 8.74. The molecule has 0 fully saturated rings. The molecule has 0 aromatic heterocycles. The molecule has 0 unspecified atom stereocenters. The van der Waals surface area contributed by atoms with Crippen molar-refractivity contribution in [2.24, 2.45) is 0 Å². The van der Waals surface area contributed by atoms with Crippen LogP contribution < -0.4 is 10.1 Å². The number of hydrogen-bond donors (Lipinski definition) is 2. The molecule has 2 rings (SSSR count). The number of aliphatic hydroxyl groups is 1. The molecule has 0 spiro atoms. The molecule has 2 aromatic rings. The van der Waals surface area contributed by atoms with E-state index in [1.165, 1.54) is 5.56 Å². The quantitative estimate of drug-likeness (QED) is 0.641. The van der Waals surface area contributed by atoms with Gasteiger partial charge in [-0.15, -0.1) is 0 Å². The van der Waals surface area contributed by atoms with Crippen LogP contribution in [0.2, 0.25) is 5.02 Å². The van der Waals surface area contributed by atoms with E-state index >= 15 is 0 Å². The van der Waals surface area contributed by atoms with Crippen LogP contribution >= 0.6 is 11.6 Å². The Bertz CT molecular complexity index is 589. The summed E-state index contributed by atoms with van der Waals surface area (Å²) in [5, 5.41) is 12.9. The fourth-order valence-electron chi connectivity index (χ4n) is 2.31. The van der Waals surface area contributed by atoms with Crippen LogP contribution in [0.25, 0.3) is 0 Å². The molecule has 23 heavy (non-hydrogen) atoms. The summed E-state index contributed by atoms with van der Waals surface area (Å²) in [7, 11) is 0. The zero-order valence-corrected chi connectivity index (χ0v) is 14.1. The van der Waals surface area contributed by atoms with Crippen molar-refractivity contribution in [1.82, 2.24) is 5.32 Å². The fourth-order valence-corrected chi connectivity index (χ4v) is 2.52. The van der Waals surface area contributed by atoms with Crippen LogP contribution in [0.3, 0.4) is 0 Å². The van der Waals surface area contributed by atoms with Gasteiger partial charge in [-0.2, -0.15) is 0 Å². The number of unbranched alkanes of at least 4 members (excludes halogenated alkanes) is 2. The summed E-state index contributed by atoms with van der Waals surface area (Å²) in [6, 6.07) is 15.8. The third kappa shape index (κ3) is 7.04. The van der Waals surface area contributed by atoms with Gasteiger partial charge in [0, 0.05) is 18.2 Å². The third-order valence-electron chi connectivity index (χ3n) is 3.53. The number of rotatable bonds is 10. The van der Waals surface area contributed by atoms with Crippen molar-refractivity contribution in [3.8, 4) is 5.75 Å². The fraction of sp³-hybridized carbons (Fsp3) is 0.368. The van der Waals surface area contributed by atoms with E-state index in [4.69, 9.17) is 21.4 Å². The first-order valence-corrected chi connectivity index (χ1v) is 8.43. The molecule has 0 saturated heterocycles. The summed E-state index contributed by atoms with van der Waals surface area (Å²) in [5.41, 5.74) is 2.26. The topological polar surface area (TPSA) is 41.5 Å². The molecule has 2 N–H and O–H groups in total. The largest absolute Gasteiger partial charge is 0.489 e. The Labute approximate surface area is 143 Å². The van der Waals surface area contributed by atoms with Crippen molar-refractivity contribution in [2.45, 2.75) is 32.4 Å². The Morgan fingerprint density at radius 2 is 1.78 bits per heavy atom. The van der Waals surface area contributed by atoms with Crippen LogP contribution in [0.4, 0.5) is 0 Å². The molecule has 0 aliphatic carbocycles. The van der Waals surface area contributed by atoms with Crippen molar-refractivity contribution < 1.29 is 9.84 Å². The van der Waals surface area contributed by atoms with E-state index in [9.17, 15) is 0 Å². The monoisotopic (exact) mass is 333 g/mol. The summed E-state index contributed by atoms with van der Waals surface area (Å²) in [5.74, 6) is 0.865. The van der Waals surface area contributed by atoms with Gasteiger partial charge in [0.05, 0.1) is 0 Å². The van der Waals surface area contributed by atoms with Gasteiger partial charge in [-0.05, 0) is 61.2 Å². The molecule has 0 aliphatic rings. The Balaban J connectivity index is 1.75. The van der Waals surface area contributed by atoms with Crippen LogP contribution in [0.5, 0.6) is 5.75 Å². The normalized spacial score (nSPS) is 10.7. The number of ether oxygens (including phenoxy) is 1. The molecule has 0 radical (unpaired) electrons. The van der Waals surface area contributed by atoms with Gasteiger partial charge in [-0.1, -0.05) is 35.9 Å². The van der Waals surface area contributed by atoms with Crippen molar-refractivity contribution in [3.05, 3.63) is 64.7 Å². The first kappa shape index (κ1) is 17.8. The second-order valence-electron chi connectivity index (χ2n) is 5.53. The summed E-state index contributed by atoms with van der Waals surface area (Å²) in [6.07, 6.45) is 3.03. The van der Waals surface area contributed by atoms with Crippen molar-refractivity contribution in [2.75, 3.05) is 13.2 Å². The van der Waals surface area contributed by atoms with Gasteiger partial charge in [0.2, 0.25) is 0 Å². The lowest BCUT2D eigenvalue weighted by Crippen LogP contribution is -2.14. The van der Waals surface area contributed by atoms with Gasteiger partial charge >= 0.3 is 0 Å². The Morgan fingerprint density at radius 1 is 0.957 bits per heavy atom. The van der Waals surface area contributed by atoms with Crippen molar-refractivity contribution in [1.29, 1.82) is 0 Å². The van der Waals surface area contributed by atoms with E-state index < -0.39 is 0 Å². The summed E-state index contributed by atoms with van der Waals surface area (Å²) < 4.78 is 5.83. The average Bonchev–Trinajstić information content (AvgIpc) is 2.57. The Kier molecular flexibility index (Phi) is 7.95. The van der Waals surface area contributed by atoms with Crippen LogP contribution in [0.15, 0.2) is 48.5 Å². The zero-order valence-electron chi connectivity index (χ0n) is 13.3. The number of nitrogens with one attached hydrogen (secondary N) is 1. The van der Waals surface area contributed by atoms with Gasteiger partial charge in [0.1, 0.15) is 12.4 Å². The maximum absolute atomic E-state index is 8.74. The van der Waals surface area contributed by atoms with Gasteiger partial charge in [-0.3, -0.25) is 0 Å². The summed E-state index contributed by atoms with van der Waals surface area (Å²) >= 11 is 5.98. The number of halogens is 1. The minimum absolute atomic E-state index is 0.284. The van der Waals surface area contributed by atoms with Gasteiger partial charge in [0.15, 0.2) is 0 Å². The molecule has 0 amide bonds. The first-order chi connectivity index (χ1) is 11.3. The van der Waals surface area contributed by atoms with E-state index in [-0.39, 0.29) is 6.61 Å². The van der Waals surface area contributed by atoms with E-state index in [0.717, 1.165) is 48.7 Å². The van der Waals surface area contributed by atoms with E-state index in [2.05, 4.69) is 17.4 Å². The molecule has 124 valence electrons. The first-order valence-electron chi connectivity index (χ1n) is 8.05. The van der Waals surface area contributed by atoms with Gasteiger partial charge in [-0.25, -0.2) is 0 Å². The highest BCUT2D eigenvalue weighted by atomic mass is 35.5. The second kappa shape index (κ2) is 10.3. The summed E-state index contributed by atoms with van der Waals surface area (Å²) in [4.78, 5) is 0. The zero-order chi connectivity index (χ0) is 16.3. The molecule has 0 bridgehead atoms. The Morgan fingerprint density at radius 3 is 2.61 bits per heavy atom. The molecule has 3 nitrogen and oxygen atoms in total. The highest BCUT2D eigenvalue weighted by molar-refractivity contribution is 6.30. The highest BCUT2D eigenvalue weighted by Gasteiger charge is 1.99. The van der Waals surface area contributed by atoms with E-state index in [1.807, 2.05) is 36.4 Å². The predicted molar refractivity (Wildman–Crippen MR) is 94.9 cm³/mol. The van der Waals surface area contributed by atoms with Crippen molar-refractivity contribution in [3.63, 3.8) is 0 Å². The molecule has 2 aromatic carbocycles. The lowest BCUT2D eigenvalue weighted by atomic mass is 10.2. The molecular formula is C19H24ClNO2. The van der Waals surface area contributed by atoms with E-state index in [1.54, 1.807) is 0 Å². The maximum Gasteiger partial charge on any atom is 0.120 e. The molecule has 0 aliphatic heterocycles. The lowest BCUT2D eigenvalue weighted by molar-refractivity contribution is 0.283. The standard InChI is InChI=1S/C19H24ClNO2/c20-18-8-4-7-17(12-18)15-23-19-9-5-6-16(13-19)14-21-10-2-1-3-11-22/h4-9,12-13,21-22H,1-3,10-11,14-15H2. The number of benzene rings is 2. The van der Waals surface area contributed by atoms with Gasteiger partial charge in [0.25, 0.3) is 0 Å². The van der Waals surface area contributed by atoms with Crippen molar-refractivity contribution >= 4 is 11.6 Å². The predicted octanol–water partition coefficient (Wildman–Crippen LogP) is 4.17. The molecule has 0 saturated carbocycles. The SMILES string of the molecule is OCCCCCNCc1cccc(OCc2cccc(Cl)c2)c1. The van der Waals surface area contributed by atoms with Crippen LogP contribution in [-0.2, 0) is 13.2 Å². The molecule has 4 heteroatoms. The van der Waals surface area contributed by atoms with Gasteiger partial charge < -0.3 is 15.2 Å². The molecular weight excluding hydrogens is 310 g/mol. The minimum Gasteiger partial charge on any atom is -0.489 e. The molecule has 0 atom stereocenters. The van der Waals surface area contributed by atoms with Crippen LogP contribution in [0.1, 0.15) is 30.4 Å². The number of aliphatic hydroxyl groups excluding tert-OH is 1. The third-order valence-corrected chi connectivity index (χ3v) is 3.77.